The van der Waals surface area contributed by atoms with Crippen LogP contribution in [-0.4, -0.2) is 69.3 Å². The van der Waals surface area contributed by atoms with E-state index in [0.29, 0.717) is 17.7 Å². The number of nitrogens with zero attached hydrogens (tertiary/aromatic N) is 6. The van der Waals surface area contributed by atoms with Crippen LogP contribution in [0.15, 0.2) is 96.3 Å². The van der Waals surface area contributed by atoms with E-state index in [4.69, 9.17) is 15.2 Å². The molecule has 13 nitrogen and oxygen atoms in total. The van der Waals surface area contributed by atoms with E-state index in [0.717, 1.165) is 72.4 Å². The molecule has 1 saturated carbocycles. The number of morpholine rings is 2. The van der Waals surface area contributed by atoms with Gasteiger partial charge in [-0.2, -0.15) is 0 Å². The van der Waals surface area contributed by atoms with E-state index in [1.165, 1.54) is 18.4 Å². The average Bonchev–Trinajstić information content (AvgIpc) is 4.01. The minimum Gasteiger partial charge on any atom is -0.384 e. The molecule has 0 radical (unpaired) electrons. The van der Waals surface area contributed by atoms with E-state index in [1.807, 2.05) is 73.3 Å². The summed E-state index contributed by atoms with van der Waals surface area (Å²) in [5, 5.41) is 12.9. The molecular weight excluding hydrogens is 686 g/mol. The number of hydrogen-bond donors (Lipinski definition) is 5. The molecule has 7 heterocycles. The molecule has 6 N–H and O–H groups in total. The monoisotopic (exact) mass is 725 g/mol. The molecule has 1 unspecified atom stereocenters. The Balaban J connectivity index is 0.000000143. The van der Waals surface area contributed by atoms with Gasteiger partial charge in [-0.3, -0.25) is 0 Å². The molecule has 0 aromatic carbocycles. The molecule has 5 aromatic rings. The molecule has 0 spiro atoms. The van der Waals surface area contributed by atoms with Crippen LogP contribution in [0.5, 0.6) is 0 Å². The van der Waals surface area contributed by atoms with E-state index in [1.54, 1.807) is 18.5 Å². The molecule has 2 saturated heterocycles. The van der Waals surface area contributed by atoms with E-state index in [-0.39, 0.29) is 12.2 Å². The molecule has 3 aliphatic rings. The fraction of sp³-hybridized carbons (Fsp3) is 0.314. The predicted molar refractivity (Wildman–Crippen MR) is 193 cm³/mol. The summed E-state index contributed by atoms with van der Waals surface area (Å²) < 4.78 is 12.4. The second-order valence-corrected chi connectivity index (χ2v) is 12.5. The maximum Gasteiger partial charge on any atom is 0.228 e. The number of nitrogens with two attached hydrogens (primary N) is 1. The third-order valence-corrected chi connectivity index (χ3v) is 8.27. The summed E-state index contributed by atoms with van der Waals surface area (Å²) in [6, 6.07) is 17.2. The topological polar surface area (TPSA) is 170 Å². The van der Waals surface area contributed by atoms with E-state index in [2.05, 4.69) is 67.1 Å². The molecule has 2 aliphatic heterocycles. The Morgan fingerprint density at radius 2 is 1.20 bits per heavy atom. The lowest BCUT2D eigenvalue weighted by Gasteiger charge is -2.23. The minimum absolute atomic E-state index is 0.0874. The van der Waals surface area contributed by atoms with Crippen LogP contribution in [0.1, 0.15) is 47.7 Å². The maximum atomic E-state index is 5.72. The summed E-state index contributed by atoms with van der Waals surface area (Å²) in [5.41, 5.74) is 8.65. The van der Waals surface area contributed by atoms with Gasteiger partial charge in [-0.05, 0) is 76.7 Å². The zero-order valence-corrected chi connectivity index (χ0v) is 28.6. The molecule has 3 fully saturated rings. The number of hydrogen-bond acceptors (Lipinski definition) is 13. The van der Waals surface area contributed by atoms with Gasteiger partial charge in [0.25, 0.3) is 0 Å². The van der Waals surface area contributed by atoms with Gasteiger partial charge in [0.05, 0.1) is 25.4 Å². The standard InChI is InChI=1S/C16H19N5O.C14H15BrN4O.C5H6N2/c1-2-11(1)13-8-19-16(20-9-13)21-15-4-3-12(7-18-15)14-10-17-5-6-22-14;15-11-2-4-14(18-8-11)19-13-3-1-10(7-17-13)12-9-16-5-6-20-12;6-5-3-1-2-4-7-5/h3-4,7-9,11,14,17H,1-2,5-6,10H2,(H,18,19,20,21);1-4,7-8,12,16H,5-6,9H2,(H,17,18,19);1-4H,(H2,6,7)/t;12-;/m.0./s1. The smallest absolute Gasteiger partial charge is 0.228 e. The van der Waals surface area contributed by atoms with E-state index in [9.17, 15) is 0 Å². The summed E-state index contributed by atoms with van der Waals surface area (Å²) in [5.74, 6) is 4.11. The molecule has 1 aliphatic carbocycles. The zero-order chi connectivity index (χ0) is 33.7. The summed E-state index contributed by atoms with van der Waals surface area (Å²) in [6.07, 6.45) is 13.6. The van der Waals surface area contributed by atoms with E-state index < -0.39 is 0 Å². The largest absolute Gasteiger partial charge is 0.384 e. The van der Waals surface area contributed by atoms with Crippen LogP contribution < -0.4 is 27.0 Å². The number of nitrogens with one attached hydrogen (secondary N) is 4. The van der Waals surface area contributed by atoms with Crippen LogP contribution in [0, 0.1) is 0 Å². The van der Waals surface area contributed by atoms with Crippen molar-refractivity contribution in [2.45, 2.75) is 31.0 Å². The Bertz CT molecular complexity index is 1680. The van der Waals surface area contributed by atoms with Gasteiger partial charge in [-0.1, -0.05) is 18.2 Å². The predicted octanol–water partition coefficient (Wildman–Crippen LogP) is 5.46. The fourth-order valence-corrected chi connectivity index (χ4v) is 5.23. The molecule has 8 rings (SSSR count). The zero-order valence-electron chi connectivity index (χ0n) is 27.0. The SMILES string of the molecule is Brc1ccc(Nc2ccc([C@@H]3CNCCO3)cn2)nc1.Nc1ccccn1.c1nc(Nc2ccc(C3CNCCO3)cn2)ncc1C1CC1. The van der Waals surface area contributed by atoms with Gasteiger partial charge in [0.2, 0.25) is 5.95 Å². The Kier molecular flexibility index (Phi) is 12.4. The highest BCUT2D eigenvalue weighted by atomic mass is 79.9. The molecular formula is C35H40BrN11O2. The maximum absolute atomic E-state index is 5.72. The number of ether oxygens (including phenoxy) is 2. The fourth-order valence-electron chi connectivity index (χ4n) is 5.00. The molecule has 49 heavy (non-hydrogen) atoms. The Morgan fingerprint density at radius 1 is 0.633 bits per heavy atom. The lowest BCUT2D eigenvalue weighted by molar-refractivity contribution is 0.0274. The van der Waals surface area contributed by atoms with Gasteiger partial charge in [0.15, 0.2) is 0 Å². The number of rotatable bonds is 7. The third kappa shape index (κ3) is 11.0. The van der Waals surface area contributed by atoms with Crippen molar-refractivity contribution < 1.29 is 9.47 Å². The van der Waals surface area contributed by atoms with Crippen molar-refractivity contribution in [3.05, 3.63) is 113 Å². The highest BCUT2D eigenvalue weighted by molar-refractivity contribution is 9.10. The average molecular weight is 727 g/mol. The molecule has 14 heteroatoms. The number of pyridine rings is 4. The second-order valence-electron chi connectivity index (χ2n) is 11.6. The highest BCUT2D eigenvalue weighted by Gasteiger charge is 2.24. The van der Waals surface area contributed by atoms with Crippen molar-refractivity contribution in [1.82, 2.24) is 40.5 Å². The first-order chi connectivity index (χ1) is 24.1. The second kappa shape index (κ2) is 17.7. The molecule has 2 atom stereocenters. The van der Waals surface area contributed by atoms with Gasteiger partial charge in [0.1, 0.15) is 23.3 Å². The highest BCUT2D eigenvalue weighted by Crippen LogP contribution is 2.39. The number of halogens is 1. The van der Waals surface area contributed by atoms with Crippen LogP contribution in [0.2, 0.25) is 0 Å². The lowest BCUT2D eigenvalue weighted by Crippen LogP contribution is -2.33. The Labute approximate surface area is 294 Å². The third-order valence-electron chi connectivity index (χ3n) is 7.80. The molecule has 0 bridgehead atoms. The van der Waals surface area contributed by atoms with Crippen LogP contribution in [0.4, 0.5) is 29.2 Å². The van der Waals surface area contributed by atoms with Crippen molar-refractivity contribution in [3.8, 4) is 0 Å². The molecule has 254 valence electrons. The van der Waals surface area contributed by atoms with Gasteiger partial charge in [-0.25, -0.2) is 29.9 Å². The Morgan fingerprint density at radius 3 is 1.63 bits per heavy atom. The van der Waals surface area contributed by atoms with Crippen LogP contribution in [0.25, 0.3) is 0 Å². The van der Waals surface area contributed by atoms with Crippen LogP contribution >= 0.6 is 15.9 Å². The van der Waals surface area contributed by atoms with Crippen LogP contribution in [-0.2, 0) is 9.47 Å². The quantitative estimate of drug-likeness (QED) is 0.143. The number of nitrogen functional groups attached to an aromatic ring is 1. The van der Waals surface area contributed by atoms with Crippen molar-refractivity contribution in [1.29, 1.82) is 0 Å². The normalized spacial score (nSPS) is 18.6. The summed E-state index contributed by atoms with van der Waals surface area (Å²) in [6.45, 7) is 4.98. The van der Waals surface area contributed by atoms with Gasteiger partial charge in [0, 0.05) is 79.0 Å². The summed E-state index contributed by atoms with van der Waals surface area (Å²) >= 11 is 3.36. The van der Waals surface area contributed by atoms with Crippen molar-refractivity contribution in [2.24, 2.45) is 0 Å². The summed E-state index contributed by atoms with van der Waals surface area (Å²) in [4.78, 5) is 25.5. The van der Waals surface area contributed by atoms with Gasteiger partial charge < -0.3 is 36.5 Å². The van der Waals surface area contributed by atoms with Gasteiger partial charge in [-0.15, -0.1) is 0 Å². The summed E-state index contributed by atoms with van der Waals surface area (Å²) in [7, 11) is 0. The first kappa shape index (κ1) is 34.3. The number of anilines is 5. The lowest BCUT2D eigenvalue weighted by atomic mass is 10.1. The van der Waals surface area contributed by atoms with Gasteiger partial charge >= 0.3 is 0 Å². The van der Waals surface area contributed by atoms with Crippen molar-refractivity contribution >= 4 is 45.1 Å². The first-order valence-corrected chi connectivity index (χ1v) is 17.1. The molecule has 5 aromatic heterocycles. The Hall–Kier alpha value is -4.60. The van der Waals surface area contributed by atoms with E-state index >= 15 is 0 Å². The number of aromatic nitrogens is 6. The molecule has 0 amide bonds. The minimum atomic E-state index is 0.0874. The first-order valence-electron chi connectivity index (χ1n) is 16.3. The van der Waals surface area contributed by atoms with Crippen molar-refractivity contribution in [2.75, 3.05) is 55.8 Å². The van der Waals surface area contributed by atoms with Crippen molar-refractivity contribution in [3.63, 3.8) is 0 Å². The van der Waals surface area contributed by atoms with Crippen LogP contribution in [0.3, 0.4) is 0 Å².